The summed E-state index contributed by atoms with van der Waals surface area (Å²) in [7, 11) is 1.88. The van der Waals surface area contributed by atoms with Gasteiger partial charge in [-0.05, 0) is 39.3 Å². The molecule has 1 saturated heterocycles. The molecule has 3 nitrogen and oxygen atoms in total. The van der Waals surface area contributed by atoms with E-state index in [1.165, 1.54) is 12.8 Å². The van der Waals surface area contributed by atoms with E-state index in [2.05, 4.69) is 17.6 Å². The lowest BCUT2D eigenvalue weighted by Gasteiger charge is -2.39. The fraction of sp³-hybridized carbons (Fsp3) is 1.00. The van der Waals surface area contributed by atoms with Crippen molar-refractivity contribution in [1.82, 2.24) is 10.6 Å². The topological polar surface area (TPSA) is 44.3 Å². The van der Waals surface area contributed by atoms with Crippen LogP contribution in [0.5, 0.6) is 0 Å². The second-order valence-corrected chi connectivity index (χ2v) is 4.69. The molecule has 0 radical (unpaired) electrons. The maximum Gasteiger partial charge on any atom is 0.0895 e. The molecular weight excluding hydrogens is 176 g/mol. The molecular formula is C11H24N2O. The maximum atomic E-state index is 10.2. The summed E-state index contributed by atoms with van der Waals surface area (Å²) in [6, 6.07) is 0.244. The number of likely N-dealkylation sites (N-methyl/N-ethyl adjacent to an activating group) is 1. The third-order valence-corrected chi connectivity index (χ3v) is 3.38. The molecule has 3 heteroatoms. The van der Waals surface area contributed by atoms with Gasteiger partial charge in [-0.3, -0.25) is 0 Å². The first kappa shape index (κ1) is 12.0. The average Bonchev–Trinajstić information content (AvgIpc) is 2.18. The first-order valence-electron chi connectivity index (χ1n) is 5.70. The lowest BCUT2D eigenvalue weighted by atomic mass is 9.82. The Morgan fingerprint density at radius 3 is 2.86 bits per heavy atom. The van der Waals surface area contributed by atoms with Crippen molar-refractivity contribution in [2.45, 2.75) is 44.8 Å². The van der Waals surface area contributed by atoms with Crippen molar-refractivity contribution in [1.29, 1.82) is 0 Å². The molecule has 0 spiro atoms. The molecule has 0 bridgehead atoms. The summed E-state index contributed by atoms with van der Waals surface area (Å²) in [5.41, 5.74) is -0.622. The molecule has 3 atom stereocenters. The summed E-state index contributed by atoms with van der Waals surface area (Å²) in [4.78, 5) is 0. The predicted molar refractivity (Wildman–Crippen MR) is 59.4 cm³/mol. The Morgan fingerprint density at radius 1 is 1.57 bits per heavy atom. The van der Waals surface area contributed by atoms with Crippen molar-refractivity contribution in [3.8, 4) is 0 Å². The number of rotatable bonds is 4. The van der Waals surface area contributed by atoms with E-state index in [0.717, 1.165) is 18.9 Å². The van der Waals surface area contributed by atoms with Crippen LogP contribution in [0, 0.1) is 5.92 Å². The van der Waals surface area contributed by atoms with Crippen LogP contribution in [0.4, 0.5) is 0 Å². The number of hydrogen-bond donors (Lipinski definition) is 3. The van der Waals surface area contributed by atoms with Gasteiger partial charge in [0.15, 0.2) is 0 Å². The summed E-state index contributed by atoms with van der Waals surface area (Å²) >= 11 is 0. The van der Waals surface area contributed by atoms with E-state index in [4.69, 9.17) is 0 Å². The van der Waals surface area contributed by atoms with Gasteiger partial charge in [0, 0.05) is 12.6 Å². The molecule has 0 aliphatic carbocycles. The minimum absolute atomic E-state index is 0.244. The van der Waals surface area contributed by atoms with Gasteiger partial charge in [-0.25, -0.2) is 0 Å². The van der Waals surface area contributed by atoms with E-state index in [1.54, 1.807) is 0 Å². The zero-order valence-corrected chi connectivity index (χ0v) is 9.64. The molecule has 1 aliphatic heterocycles. The van der Waals surface area contributed by atoms with Crippen LogP contribution in [-0.4, -0.2) is 36.9 Å². The molecule has 3 unspecified atom stereocenters. The largest absolute Gasteiger partial charge is 0.387 e. The number of aliphatic hydroxyl groups is 1. The highest BCUT2D eigenvalue weighted by molar-refractivity contribution is 4.93. The third kappa shape index (κ3) is 2.94. The van der Waals surface area contributed by atoms with Crippen molar-refractivity contribution in [2.75, 3.05) is 20.1 Å². The van der Waals surface area contributed by atoms with Crippen molar-refractivity contribution >= 4 is 0 Å². The van der Waals surface area contributed by atoms with Gasteiger partial charge in [0.05, 0.1) is 5.60 Å². The van der Waals surface area contributed by atoms with Gasteiger partial charge < -0.3 is 15.7 Å². The highest BCUT2D eigenvalue weighted by Crippen LogP contribution is 2.25. The third-order valence-electron chi connectivity index (χ3n) is 3.38. The fourth-order valence-electron chi connectivity index (χ4n) is 2.32. The predicted octanol–water partition coefficient (Wildman–Crippen LogP) is 0.735. The molecule has 1 aliphatic rings. The van der Waals surface area contributed by atoms with Crippen LogP contribution >= 0.6 is 0 Å². The molecule has 1 heterocycles. The highest BCUT2D eigenvalue weighted by atomic mass is 16.3. The van der Waals surface area contributed by atoms with Crippen molar-refractivity contribution in [2.24, 2.45) is 5.92 Å². The smallest absolute Gasteiger partial charge is 0.0895 e. The SMILES string of the molecule is CCC1CCNC(C(C)(O)CNC)C1. The molecule has 0 amide bonds. The first-order chi connectivity index (χ1) is 6.60. The Kier molecular flexibility index (Phi) is 4.35. The summed E-state index contributed by atoms with van der Waals surface area (Å²) in [6.07, 6.45) is 3.58. The van der Waals surface area contributed by atoms with Crippen molar-refractivity contribution < 1.29 is 5.11 Å². The molecule has 0 aromatic carbocycles. The molecule has 0 aromatic rings. The molecule has 14 heavy (non-hydrogen) atoms. The highest BCUT2D eigenvalue weighted by Gasteiger charge is 2.34. The molecule has 0 aromatic heterocycles. The summed E-state index contributed by atoms with van der Waals surface area (Å²) < 4.78 is 0. The van der Waals surface area contributed by atoms with Crippen LogP contribution in [0.25, 0.3) is 0 Å². The molecule has 84 valence electrons. The van der Waals surface area contributed by atoms with Crippen LogP contribution < -0.4 is 10.6 Å². The zero-order chi connectivity index (χ0) is 10.6. The standard InChI is InChI=1S/C11H24N2O/c1-4-9-5-6-13-10(7-9)11(2,14)8-12-3/h9-10,12-14H,4-8H2,1-3H3. The maximum absolute atomic E-state index is 10.2. The minimum Gasteiger partial charge on any atom is -0.387 e. The minimum atomic E-state index is -0.622. The Morgan fingerprint density at radius 2 is 2.29 bits per heavy atom. The molecule has 3 N–H and O–H groups in total. The van der Waals surface area contributed by atoms with Crippen LogP contribution in [-0.2, 0) is 0 Å². The van der Waals surface area contributed by atoms with Gasteiger partial charge in [-0.15, -0.1) is 0 Å². The normalized spacial score (nSPS) is 32.6. The second-order valence-electron chi connectivity index (χ2n) is 4.69. The van der Waals surface area contributed by atoms with Gasteiger partial charge in [-0.2, -0.15) is 0 Å². The van der Waals surface area contributed by atoms with Gasteiger partial charge in [0.25, 0.3) is 0 Å². The monoisotopic (exact) mass is 200 g/mol. The van der Waals surface area contributed by atoms with Gasteiger partial charge >= 0.3 is 0 Å². The van der Waals surface area contributed by atoms with Crippen LogP contribution in [0.15, 0.2) is 0 Å². The average molecular weight is 200 g/mol. The summed E-state index contributed by atoms with van der Waals surface area (Å²) in [6.45, 7) is 5.85. The fourth-order valence-corrected chi connectivity index (χ4v) is 2.32. The van der Waals surface area contributed by atoms with Crippen LogP contribution in [0.1, 0.15) is 33.1 Å². The van der Waals surface area contributed by atoms with E-state index < -0.39 is 5.60 Å². The number of piperidine rings is 1. The van der Waals surface area contributed by atoms with Gasteiger partial charge in [-0.1, -0.05) is 13.3 Å². The Hall–Kier alpha value is -0.120. The van der Waals surface area contributed by atoms with E-state index >= 15 is 0 Å². The van der Waals surface area contributed by atoms with E-state index in [-0.39, 0.29) is 6.04 Å². The Bertz CT molecular complexity index is 171. The van der Waals surface area contributed by atoms with E-state index in [0.29, 0.717) is 6.54 Å². The Labute approximate surface area is 87.3 Å². The van der Waals surface area contributed by atoms with Gasteiger partial charge in [0.1, 0.15) is 0 Å². The lowest BCUT2D eigenvalue weighted by Crippen LogP contribution is -2.56. The molecule has 0 saturated carbocycles. The van der Waals surface area contributed by atoms with Crippen LogP contribution in [0.3, 0.4) is 0 Å². The molecule has 1 fully saturated rings. The number of hydrogen-bond acceptors (Lipinski definition) is 3. The quantitative estimate of drug-likeness (QED) is 0.627. The first-order valence-corrected chi connectivity index (χ1v) is 5.70. The van der Waals surface area contributed by atoms with E-state index in [1.807, 2.05) is 14.0 Å². The van der Waals surface area contributed by atoms with E-state index in [9.17, 15) is 5.11 Å². The van der Waals surface area contributed by atoms with Gasteiger partial charge in [0.2, 0.25) is 0 Å². The second kappa shape index (κ2) is 5.10. The van der Waals surface area contributed by atoms with Crippen molar-refractivity contribution in [3.05, 3.63) is 0 Å². The van der Waals surface area contributed by atoms with Crippen molar-refractivity contribution in [3.63, 3.8) is 0 Å². The lowest BCUT2D eigenvalue weighted by molar-refractivity contribution is 0.00365. The van der Waals surface area contributed by atoms with Crippen LogP contribution in [0.2, 0.25) is 0 Å². The summed E-state index contributed by atoms with van der Waals surface area (Å²) in [5.74, 6) is 0.782. The zero-order valence-electron chi connectivity index (χ0n) is 9.64. The summed E-state index contributed by atoms with van der Waals surface area (Å²) in [5, 5.41) is 16.7. The molecule has 1 rings (SSSR count). The Balaban J connectivity index is 2.49. The number of nitrogens with one attached hydrogen (secondary N) is 2.